The Morgan fingerprint density at radius 2 is 1.54 bits per heavy atom. The van der Waals surface area contributed by atoms with Crippen molar-refractivity contribution in [2.24, 2.45) is 0 Å². The number of aromatic hydroxyl groups is 1. The molecule has 0 saturated heterocycles. The average molecular weight is 192 g/mol. The lowest BCUT2D eigenvalue weighted by molar-refractivity contribution is -0.206. The van der Waals surface area contributed by atoms with E-state index in [0.29, 0.717) is 0 Å². The van der Waals surface area contributed by atoms with Gasteiger partial charge in [-0.25, -0.2) is 0 Å². The molecule has 1 atom stereocenters. The van der Waals surface area contributed by atoms with E-state index in [1.54, 1.807) is 0 Å². The van der Waals surface area contributed by atoms with Crippen molar-refractivity contribution in [3.05, 3.63) is 29.8 Å². The van der Waals surface area contributed by atoms with Gasteiger partial charge in [0.15, 0.2) is 6.10 Å². The summed E-state index contributed by atoms with van der Waals surface area (Å²) in [7, 11) is 0. The van der Waals surface area contributed by atoms with Crippen LogP contribution in [0.15, 0.2) is 24.3 Å². The fourth-order valence-corrected chi connectivity index (χ4v) is 0.846. The van der Waals surface area contributed by atoms with Crippen molar-refractivity contribution in [2.75, 3.05) is 0 Å². The molecular formula is C8H7F3O2. The number of benzene rings is 1. The summed E-state index contributed by atoms with van der Waals surface area (Å²) >= 11 is 0. The Kier molecular flexibility index (Phi) is 2.47. The van der Waals surface area contributed by atoms with Crippen molar-refractivity contribution in [1.29, 1.82) is 0 Å². The minimum Gasteiger partial charge on any atom is -0.508 e. The van der Waals surface area contributed by atoms with E-state index in [0.717, 1.165) is 24.3 Å². The molecule has 0 unspecified atom stereocenters. The van der Waals surface area contributed by atoms with Crippen molar-refractivity contribution >= 4 is 0 Å². The maximum absolute atomic E-state index is 11.9. The highest BCUT2D eigenvalue weighted by Gasteiger charge is 2.39. The Morgan fingerprint density at radius 3 is 1.92 bits per heavy atom. The van der Waals surface area contributed by atoms with Gasteiger partial charge in [0.1, 0.15) is 5.75 Å². The summed E-state index contributed by atoms with van der Waals surface area (Å²) in [5, 5.41) is 17.5. The highest BCUT2D eigenvalue weighted by molar-refractivity contribution is 5.27. The van der Waals surface area contributed by atoms with Crippen LogP contribution in [0, 0.1) is 0 Å². The summed E-state index contributed by atoms with van der Waals surface area (Å²) in [5.41, 5.74) is -0.287. The third kappa shape index (κ3) is 2.35. The molecule has 2 nitrogen and oxygen atoms in total. The largest absolute Gasteiger partial charge is 0.508 e. The zero-order valence-electron chi connectivity index (χ0n) is 6.42. The van der Waals surface area contributed by atoms with E-state index in [-0.39, 0.29) is 11.3 Å². The van der Waals surface area contributed by atoms with Crippen molar-refractivity contribution in [3.63, 3.8) is 0 Å². The molecule has 0 aliphatic heterocycles. The molecule has 0 saturated carbocycles. The first-order valence-electron chi connectivity index (χ1n) is 3.45. The number of aliphatic hydroxyl groups excluding tert-OH is 1. The number of phenolic OH excluding ortho intramolecular Hbond substituents is 1. The van der Waals surface area contributed by atoms with E-state index in [1.165, 1.54) is 0 Å². The Labute approximate surface area is 72.2 Å². The maximum Gasteiger partial charge on any atom is 0.418 e. The molecule has 5 heteroatoms. The standard InChI is InChI=1S/C8H7F3O2/c9-8(10,11)7(13)5-1-3-6(12)4-2-5/h1-4,7,12-13H/t7-/m0/s1. The van der Waals surface area contributed by atoms with E-state index in [9.17, 15) is 13.2 Å². The summed E-state index contributed by atoms with van der Waals surface area (Å²) in [6, 6.07) is 4.22. The van der Waals surface area contributed by atoms with Gasteiger partial charge >= 0.3 is 6.18 Å². The van der Waals surface area contributed by atoms with E-state index in [2.05, 4.69) is 0 Å². The molecule has 0 heterocycles. The highest BCUT2D eigenvalue weighted by Crippen LogP contribution is 2.32. The number of alkyl halides is 3. The second kappa shape index (κ2) is 3.26. The smallest absolute Gasteiger partial charge is 0.418 e. The number of aliphatic hydroxyl groups is 1. The summed E-state index contributed by atoms with van der Waals surface area (Å²) in [6.45, 7) is 0. The van der Waals surface area contributed by atoms with Crippen LogP contribution in [0.3, 0.4) is 0 Å². The third-order valence-corrected chi connectivity index (χ3v) is 1.52. The zero-order valence-corrected chi connectivity index (χ0v) is 6.42. The van der Waals surface area contributed by atoms with E-state index >= 15 is 0 Å². The lowest BCUT2D eigenvalue weighted by atomic mass is 10.1. The third-order valence-electron chi connectivity index (χ3n) is 1.52. The van der Waals surface area contributed by atoms with Crippen LogP contribution in [0.2, 0.25) is 0 Å². The molecule has 1 rings (SSSR count). The average Bonchev–Trinajstić information content (AvgIpc) is 2.03. The highest BCUT2D eigenvalue weighted by atomic mass is 19.4. The molecule has 13 heavy (non-hydrogen) atoms. The zero-order chi connectivity index (χ0) is 10.1. The minimum atomic E-state index is -4.67. The van der Waals surface area contributed by atoms with Crippen LogP contribution in [0.5, 0.6) is 5.75 Å². The molecule has 0 fully saturated rings. The predicted molar refractivity (Wildman–Crippen MR) is 39.1 cm³/mol. The van der Waals surface area contributed by atoms with Crippen molar-refractivity contribution in [2.45, 2.75) is 12.3 Å². The molecule has 0 bridgehead atoms. The summed E-state index contributed by atoms with van der Waals surface area (Å²) in [5.74, 6) is -0.141. The van der Waals surface area contributed by atoms with E-state index in [1.807, 2.05) is 0 Å². The molecule has 0 aliphatic carbocycles. The lowest BCUT2D eigenvalue weighted by Gasteiger charge is -2.14. The van der Waals surface area contributed by atoms with Crippen LogP contribution < -0.4 is 0 Å². The predicted octanol–water partition coefficient (Wildman–Crippen LogP) is 1.99. The maximum atomic E-state index is 11.9. The van der Waals surface area contributed by atoms with Crippen molar-refractivity contribution in [1.82, 2.24) is 0 Å². The molecule has 72 valence electrons. The SMILES string of the molecule is Oc1ccc([C@H](O)C(F)(F)F)cc1. The van der Waals surface area contributed by atoms with Crippen LogP contribution in [0.1, 0.15) is 11.7 Å². The Balaban J connectivity index is 2.90. The summed E-state index contributed by atoms with van der Waals surface area (Å²) in [4.78, 5) is 0. The molecule has 0 spiro atoms. The van der Waals surface area contributed by atoms with E-state index in [4.69, 9.17) is 10.2 Å². The van der Waals surface area contributed by atoms with Gasteiger partial charge in [-0.3, -0.25) is 0 Å². The normalized spacial score (nSPS) is 14.2. The van der Waals surface area contributed by atoms with Gasteiger partial charge < -0.3 is 10.2 Å². The second-order valence-corrected chi connectivity index (χ2v) is 2.54. The van der Waals surface area contributed by atoms with Crippen molar-refractivity contribution in [3.8, 4) is 5.75 Å². The van der Waals surface area contributed by atoms with Crippen LogP contribution in [0.25, 0.3) is 0 Å². The van der Waals surface area contributed by atoms with Crippen LogP contribution in [0.4, 0.5) is 13.2 Å². The van der Waals surface area contributed by atoms with Gasteiger partial charge in [0, 0.05) is 0 Å². The molecule has 1 aromatic rings. The van der Waals surface area contributed by atoms with Gasteiger partial charge in [0.05, 0.1) is 0 Å². The van der Waals surface area contributed by atoms with Crippen molar-refractivity contribution < 1.29 is 23.4 Å². The van der Waals surface area contributed by atoms with Gasteiger partial charge in [-0.05, 0) is 17.7 Å². The molecular weight excluding hydrogens is 185 g/mol. The number of halogens is 3. The second-order valence-electron chi connectivity index (χ2n) is 2.54. The first kappa shape index (κ1) is 9.85. The topological polar surface area (TPSA) is 40.5 Å². The van der Waals surface area contributed by atoms with Crippen LogP contribution >= 0.6 is 0 Å². The molecule has 0 radical (unpaired) electrons. The van der Waals surface area contributed by atoms with E-state index < -0.39 is 12.3 Å². The number of hydrogen-bond acceptors (Lipinski definition) is 2. The first-order chi connectivity index (χ1) is 5.91. The molecule has 0 amide bonds. The van der Waals surface area contributed by atoms with Gasteiger partial charge in [0.25, 0.3) is 0 Å². The van der Waals surface area contributed by atoms with Gasteiger partial charge in [-0.2, -0.15) is 13.2 Å². The Morgan fingerprint density at radius 1 is 1.08 bits per heavy atom. The first-order valence-corrected chi connectivity index (χ1v) is 3.45. The van der Waals surface area contributed by atoms with Gasteiger partial charge in [-0.15, -0.1) is 0 Å². The fourth-order valence-electron chi connectivity index (χ4n) is 0.846. The lowest BCUT2D eigenvalue weighted by Crippen LogP contribution is -2.19. The number of rotatable bonds is 1. The summed E-state index contributed by atoms with van der Waals surface area (Å²) < 4.78 is 35.8. The Hall–Kier alpha value is -1.23. The minimum absolute atomic E-state index is 0.141. The monoisotopic (exact) mass is 192 g/mol. The van der Waals surface area contributed by atoms with Crippen LogP contribution in [-0.4, -0.2) is 16.4 Å². The summed E-state index contributed by atoms with van der Waals surface area (Å²) in [6.07, 6.45) is -7.16. The van der Waals surface area contributed by atoms with Gasteiger partial charge in [0.2, 0.25) is 0 Å². The Bertz CT molecular complexity index is 278. The van der Waals surface area contributed by atoms with Gasteiger partial charge in [-0.1, -0.05) is 12.1 Å². The fraction of sp³-hybridized carbons (Fsp3) is 0.250. The molecule has 0 aliphatic rings. The number of hydrogen-bond donors (Lipinski definition) is 2. The molecule has 2 N–H and O–H groups in total. The number of phenols is 1. The molecule has 1 aromatic carbocycles. The van der Waals surface area contributed by atoms with Crippen LogP contribution in [-0.2, 0) is 0 Å². The molecule has 0 aromatic heterocycles. The quantitative estimate of drug-likeness (QED) is 0.714.